The van der Waals surface area contributed by atoms with Gasteiger partial charge in [0.25, 0.3) is 0 Å². The number of unbranched alkanes of at least 4 members (excludes halogenated alkanes) is 1. The van der Waals surface area contributed by atoms with Gasteiger partial charge in [0.2, 0.25) is 0 Å². The van der Waals surface area contributed by atoms with Crippen LogP contribution in [0, 0.1) is 13.8 Å². The molecule has 3 nitrogen and oxygen atoms in total. The lowest BCUT2D eigenvalue weighted by Gasteiger charge is -2.04. The standard InChI is InChI=1S/C15H20O3/c1-11-8-9-13(10-12(11)2)14(16)6-4-5-7-15(17)18-3/h8-10H,4-7H2,1-3H3. The number of hydrogen-bond acceptors (Lipinski definition) is 3. The van der Waals surface area contributed by atoms with Crippen LogP contribution in [0.2, 0.25) is 0 Å². The van der Waals surface area contributed by atoms with Gasteiger partial charge in [-0.25, -0.2) is 0 Å². The summed E-state index contributed by atoms with van der Waals surface area (Å²) < 4.78 is 4.55. The van der Waals surface area contributed by atoms with E-state index in [1.807, 2.05) is 32.0 Å². The van der Waals surface area contributed by atoms with Gasteiger partial charge < -0.3 is 4.74 Å². The minimum absolute atomic E-state index is 0.142. The first-order valence-electron chi connectivity index (χ1n) is 6.22. The Labute approximate surface area is 108 Å². The summed E-state index contributed by atoms with van der Waals surface area (Å²) in [6.45, 7) is 4.03. The molecule has 98 valence electrons. The Hall–Kier alpha value is -1.64. The lowest BCUT2D eigenvalue weighted by Crippen LogP contribution is -2.02. The van der Waals surface area contributed by atoms with Gasteiger partial charge in [0.15, 0.2) is 5.78 Å². The fourth-order valence-corrected chi connectivity index (χ4v) is 1.72. The van der Waals surface area contributed by atoms with Crippen molar-refractivity contribution in [3.8, 4) is 0 Å². The molecule has 0 N–H and O–H groups in total. The van der Waals surface area contributed by atoms with E-state index in [0.717, 1.165) is 17.5 Å². The topological polar surface area (TPSA) is 43.4 Å². The zero-order valence-electron chi connectivity index (χ0n) is 11.3. The van der Waals surface area contributed by atoms with Crippen LogP contribution >= 0.6 is 0 Å². The van der Waals surface area contributed by atoms with Gasteiger partial charge in [0, 0.05) is 18.4 Å². The number of Topliss-reactive ketones (excluding diaryl/α,β-unsaturated/α-hetero) is 1. The average molecular weight is 248 g/mol. The number of ketones is 1. The maximum absolute atomic E-state index is 11.9. The summed E-state index contributed by atoms with van der Waals surface area (Å²) in [5, 5.41) is 0. The molecule has 0 bridgehead atoms. The largest absolute Gasteiger partial charge is 0.469 e. The quantitative estimate of drug-likeness (QED) is 0.441. The van der Waals surface area contributed by atoms with E-state index >= 15 is 0 Å². The number of carbonyl (C=O) groups excluding carboxylic acids is 2. The Bertz CT molecular complexity index is 435. The second kappa shape index (κ2) is 6.94. The summed E-state index contributed by atoms with van der Waals surface area (Å²) in [6.07, 6.45) is 2.29. The van der Waals surface area contributed by atoms with Crippen molar-refractivity contribution >= 4 is 11.8 Å². The first-order valence-corrected chi connectivity index (χ1v) is 6.22. The summed E-state index contributed by atoms with van der Waals surface area (Å²) in [5.74, 6) is -0.0726. The minimum Gasteiger partial charge on any atom is -0.469 e. The lowest BCUT2D eigenvalue weighted by atomic mass is 10.0. The molecule has 3 heteroatoms. The third-order valence-electron chi connectivity index (χ3n) is 3.09. The second-order valence-electron chi connectivity index (χ2n) is 4.51. The number of rotatable bonds is 6. The number of benzene rings is 1. The number of methoxy groups -OCH3 is 1. The maximum atomic E-state index is 11.9. The molecule has 0 aromatic heterocycles. The van der Waals surface area contributed by atoms with Gasteiger partial charge in [0.05, 0.1) is 7.11 Å². The van der Waals surface area contributed by atoms with Crippen LogP contribution in [0.4, 0.5) is 0 Å². The van der Waals surface area contributed by atoms with Crippen molar-refractivity contribution in [1.29, 1.82) is 0 Å². The summed E-state index contributed by atoms with van der Waals surface area (Å²) in [7, 11) is 1.38. The molecule has 1 aromatic carbocycles. The molecule has 0 aliphatic heterocycles. The van der Waals surface area contributed by atoms with E-state index in [9.17, 15) is 9.59 Å². The van der Waals surface area contributed by atoms with Crippen molar-refractivity contribution in [3.63, 3.8) is 0 Å². The molecule has 0 amide bonds. The predicted octanol–water partition coefficient (Wildman–Crippen LogP) is 3.22. The van der Waals surface area contributed by atoms with E-state index < -0.39 is 0 Å². The van der Waals surface area contributed by atoms with Gasteiger partial charge in [-0.2, -0.15) is 0 Å². The van der Waals surface area contributed by atoms with Crippen LogP contribution in [0.25, 0.3) is 0 Å². The number of ether oxygens (including phenoxy) is 1. The highest BCUT2D eigenvalue weighted by Crippen LogP contribution is 2.13. The lowest BCUT2D eigenvalue weighted by molar-refractivity contribution is -0.140. The number of carbonyl (C=O) groups is 2. The van der Waals surface area contributed by atoms with Crippen molar-refractivity contribution in [2.24, 2.45) is 0 Å². The molecule has 0 unspecified atom stereocenters. The third-order valence-corrected chi connectivity index (χ3v) is 3.09. The monoisotopic (exact) mass is 248 g/mol. The zero-order valence-corrected chi connectivity index (χ0v) is 11.3. The highest BCUT2D eigenvalue weighted by molar-refractivity contribution is 5.96. The molecule has 0 saturated heterocycles. The number of esters is 1. The maximum Gasteiger partial charge on any atom is 0.305 e. The fraction of sp³-hybridized carbons (Fsp3) is 0.467. The van der Waals surface area contributed by atoms with Gasteiger partial charge in [-0.1, -0.05) is 12.1 Å². The van der Waals surface area contributed by atoms with Crippen LogP contribution in [0.3, 0.4) is 0 Å². The molecule has 0 atom stereocenters. The van der Waals surface area contributed by atoms with Crippen molar-refractivity contribution in [1.82, 2.24) is 0 Å². The van der Waals surface area contributed by atoms with Crippen molar-refractivity contribution in [3.05, 3.63) is 34.9 Å². The molecule has 0 aliphatic rings. The van der Waals surface area contributed by atoms with E-state index in [2.05, 4.69) is 4.74 Å². The summed E-state index contributed by atoms with van der Waals surface area (Å²) >= 11 is 0. The SMILES string of the molecule is COC(=O)CCCCC(=O)c1ccc(C)c(C)c1. The highest BCUT2D eigenvalue weighted by atomic mass is 16.5. The molecular formula is C15H20O3. The molecule has 0 spiro atoms. The smallest absolute Gasteiger partial charge is 0.305 e. The third kappa shape index (κ3) is 4.32. The molecule has 0 radical (unpaired) electrons. The fourth-order valence-electron chi connectivity index (χ4n) is 1.72. The summed E-state index contributed by atoms with van der Waals surface area (Å²) in [6, 6.07) is 5.76. The van der Waals surface area contributed by atoms with E-state index in [1.165, 1.54) is 12.7 Å². The van der Waals surface area contributed by atoms with Crippen LogP contribution in [0.15, 0.2) is 18.2 Å². The first kappa shape index (κ1) is 14.4. The van der Waals surface area contributed by atoms with Gasteiger partial charge in [0.1, 0.15) is 0 Å². The summed E-state index contributed by atoms with van der Waals surface area (Å²) in [4.78, 5) is 22.8. The second-order valence-corrected chi connectivity index (χ2v) is 4.51. The first-order chi connectivity index (χ1) is 8.54. The van der Waals surface area contributed by atoms with Crippen molar-refractivity contribution in [2.45, 2.75) is 39.5 Å². The Kier molecular flexibility index (Phi) is 5.56. The highest BCUT2D eigenvalue weighted by Gasteiger charge is 2.07. The van der Waals surface area contributed by atoms with Crippen LogP contribution in [0.1, 0.15) is 47.2 Å². The Morgan fingerprint density at radius 3 is 2.33 bits per heavy atom. The Balaban J connectivity index is 2.41. The summed E-state index contributed by atoms with van der Waals surface area (Å²) in [5.41, 5.74) is 3.09. The van der Waals surface area contributed by atoms with Crippen molar-refractivity contribution in [2.75, 3.05) is 7.11 Å². The molecular weight excluding hydrogens is 228 g/mol. The van der Waals surface area contributed by atoms with Crippen LogP contribution < -0.4 is 0 Å². The molecule has 0 fully saturated rings. The van der Waals surface area contributed by atoms with Crippen LogP contribution in [-0.4, -0.2) is 18.9 Å². The van der Waals surface area contributed by atoms with Crippen LogP contribution in [0.5, 0.6) is 0 Å². The Morgan fingerprint density at radius 1 is 1.06 bits per heavy atom. The van der Waals surface area contributed by atoms with Gasteiger partial charge in [-0.3, -0.25) is 9.59 Å². The average Bonchev–Trinajstić information content (AvgIpc) is 2.37. The number of aryl methyl sites for hydroxylation is 2. The molecule has 0 aliphatic carbocycles. The van der Waals surface area contributed by atoms with Gasteiger partial charge in [-0.15, -0.1) is 0 Å². The molecule has 0 heterocycles. The zero-order chi connectivity index (χ0) is 13.5. The normalized spacial score (nSPS) is 10.2. The Morgan fingerprint density at radius 2 is 1.72 bits per heavy atom. The van der Waals surface area contributed by atoms with E-state index in [1.54, 1.807) is 0 Å². The van der Waals surface area contributed by atoms with E-state index in [-0.39, 0.29) is 11.8 Å². The predicted molar refractivity (Wildman–Crippen MR) is 70.7 cm³/mol. The van der Waals surface area contributed by atoms with Crippen molar-refractivity contribution < 1.29 is 14.3 Å². The van der Waals surface area contributed by atoms with E-state index in [4.69, 9.17) is 0 Å². The van der Waals surface area contributed by atoms with Gasteiger partial charge in [-0.05, 0) is 43.9 Å². The number of hydrogen-bond donors (Lipinski definition) is 0. The van der Waals surface area contributed by atoms with Gasteiger partial charge >= 0.3 is 5.97 Å². The molecule has 1 rings (SSSR count). The molecule has 0 saturated carbocycles. The van der Waals surface area contributed by atoms with Crippen LogP contribution in [-0.2, 0) is 9.53 Å². The van der Waals surface area contributed by atoms with E-state index in [0.29, 0.717) is 19.3 Å². The molecule has 18 heavy (non-hydrogen) atoms. The minimum atomic E-state index is -0.214. The molecule has 1 aromatic rings.